The van der Waals surface area contributed by atoms with Gasteiger partial charge in [-0.3, -0.25) is 0 Å². The van der Waals surface area contributed by atoms with Crippen molar-refractivity contribution in [3.63, 3.8) is 0 Å². The van der Waals surface area contributed by atoms with Gasteiger partial charge >= 0.3 is 5.97 Å². The second-order valence-electron chi connectivity index (χ2n) is 3.50. The van der Waals surface area contributed by atoms with Crippen molar-refractivity contribution in [2.45, 2.75) is 31.0 Å². The molecule has 4 nitrogen and oxygen atoms in total. The monoisotopic (exact) mass is 172 g/mol. The fraction of sp³-hybridized carbons (Fsp3) is 0.875. The lowest BCUT2D eigenvalue weighted by Crippen LogP contribution is -2.54. The van der Waals surface area contributed by atoms with E-state index in [0.29, 0.717) is 6.61 Å². The number of carboxylic acids is 1. The van der Waals surface area contributed by atoms with Crippen LogP contribution in [0.15, 0.2) is 0 Å². The maximum absolute atomic E-state index is 10.6. The zero-order valence-corrected chi connectivity index (χ0v) is 6.78. The van der Waals surface area contributed by atoms with Crippen LogP contribution in [0.2, 0.25) is 0 Å². The highest BCUT2D eigenvalue weighted by Crippen LogP contribution is 2.38. The van der Waals surface area contributed by atoms with Crippen molar-refractivity contribution in [1.82, 2.24) is 0 Å². The normalized spacial score (nSPS) is 32.8. The Morgan fingerprint density at radius 2 is 2.25 bits per heavy atom. The van der Waals surface area contributed by atoms with Gasteiger partial charge in [0.1, 0.15) is 0 Å². The summed E-state index contributed by atoms with van der Waals surface area (Å²) in [7, 11) is 0. The first-order valence-corrected chi connectivity index (χ1v) is 4.20. The van der Waals surface area contributed by atoms with E-state index in [1.165, 1.54) is 0 Å². The molecule has 1 saturated heterocycles. The molecule has 0 aromatic carbocycles. The lowest BCUT2D eigenvalue weighted by atomic mass is 9.80. The van der Waals surface area contributed by atoms with Crippen LogP contribution >= 0.6 is 0 Å². The zero-order valence-electron chi connectivity index (χ0n) is 6.78. The molecule has 1 aliphatic heterocycles. The molecule has 2 aliphatic rings. The molecule has 0 bridgehead atoms. The van der Waals surface area contributed by atoms with Gasteiger partial charge in [0.25, 0.3) is 0 Å². The number of aliphatic carboxylic acids is 1. The Kier molecular flexibility index (Phi) is 1.81. The van der Waals surface area contributed by atoms with Gasteiger partial charge in [0, 0.05) is 0 Å². The zero-order chi connectivity index (χ0) is 8.60. The summed E-state index contributed by atoms with van der Waals surface area (Å²) in [5.41, 5.74) is -0.249. The standard InChI is InChI=1S/C8H12O4/c9-7(10)6-4-11-5-8(12-6)2-1-3-8/h6H,1-5H2,(H,9,10). The van der Waals surface area contributed by atoms with E-state index in [1.54, 1.807) is 0 Å². The van der Waals surface area contributed by atoms with Crippen LogP contribution in [-0.4, -0.2) is 36.0 Å². The first-order valence-electron chi connectivity index (χ1n) is 4.20. The molecule has 2 fully saturated rings. The van der Waals surface area contributed by atoms with Crippen molar-refractivity contribution in [2.75, 3.05) is 13.2 Å². The van der Waals surface area contributed by atoms with Gasteiger partial charge in [-0.05, 0) is 19.3 Å². The fourth-order valence-corrected chi connectivity index (χ4v) is 1.68. The first kappa shape index (κ1) is 8.01. The molecule has 1 saturated carbocycles. The molecule has 0 aromatic rings. The van der Waals surface area contributed by atoms with Gasteiger partial charge in [-0.2, -0.15) is 0 Å². The van der Waals surface area contributed by atoms with E-state index in [-0.39, 0.29) is 12.2 Å². The summed E-state index contributed by atoms with van der Waals surface area (Å²) >= 11 is 0. The van der Waals surface area contributed by atoms with Gasteiger partial charge < -0.3 is 14.6 Å². The van der Waals surface area contributed by atoms with Gasteiger partial charge in [-0.25, -0.2) is 4.79 Å². The van der Waals surface area contributed by atoms with Gasteiger partial charge in [0.2, 0.25) is 0 Å². The molecule has 0 radical (unpaired) electrons. The Balaban J connectivity index is 1.98. The third kappa shape index (κ3) is 1.21. The van der Waals surface area contributed by atoms with Crippen molar-refractivity contribution in [3.05, 3.63) is 0 Å². The number of hydrogen-bond donors (Lipinski definition) is 1. The van der Waals surface area contributed by atoms with Crippen LogP contribution in [0.4, 0.5) is 0 Å². The Labute approximate surface area is 70.5 Å². The van der Waals surface area contributed by atoms with Crippen LogP contribution in [0, 0.1) is 0 Å². The summed E-state index contributed by atoms with van der Waals surface area (Å²) in [6.45, 7) is 0.758. The summed E-state index contributed by atoms with van der Waals surface area (Å²) in [6, 6.07) is 0. The molecule has 4 heteroatoms. The van der Waals surface area contributed by atoms with Crippen LogP contribution < -0.4 is 0 Å². The summed E-state index contributed by atoms with van der Waals surface area (Å²) in [5.74, 6) is -0.916. The molecule has 1 spiro atoms. The van der Waals surface area contributed by atoms with E-state index in [2.05, 4.69) is 0 Å². The highest BCUT2D eigenvalue weighted by atomic mass is 16.6. The molecule has 12 heavy (non-hydrogen) atoms. The number of carbonyl (C=O) groups is 1. The molecule has 1 atom stereocenters. The van der Waals surface area contributed by atoms with Crippen molar-refractivity contribution < 1.29 is 19.4 Å². The Hall–Kier alpha value is -0.610. The third-order valence-electron chi connectivity index (χ3n) is 2.57. The van der Waals surface area contributed by atoms with Crippen molar-refractivity contribution >= 4 is 5.97 Å². The maximum atomic E-state index is 10.6. The molecular weight excluding hydrogens is 160 g/mol. The van der Waals surface area contributed by atoms with Crippen molar-refractivity contribution in [3.8, 4) is 0 Å². The smallest absolute Gasteiger partial charge is 0.335 e. The second-order valence-corrected chi connectivity index (χ2v) is 3.50. The van der Waals surface area contributed by atoms with E-state index in [1.807, 2.05) is 0 Å². The van der Waals surface area contributed by atoms with Crippen LogP contribution in [0.1, 0.15) is 19.3 Å². The number of ether oxygens (including phenoxy) is 2. The topological polar surface area (TPSA) is 55.8 Å². The minimum Gasteiger partial charge on any atom is -0.479 e. The summed E-state index contributed by atoms with van der Waals surface area (Å²) < 4.78 is 10.6. The molecule has 68 valence electrons. The maximum Gasteiger partial charge on any atom is 0.335 e. The van der Waals surface area contributed by atoms with E-state index >= 15 is 0 Å². The largest absolute Gasteiger partial charge is 0.479 e. The van der Waals surface area contributed by atoms with Crippen LogP contribution in [0.3, 0.4) is 0 Å². The Morgan fingerprint density at radius 3 is 2.75 bits per heavy atom. The average molecular weight is 172 g/mol. The number of rotatable bonds is 1. The predicted octanol–water partition coefficient (Wildman–Crippen LogP) is 0.409. The minimum absolute atomic E-state index is 0.192. The number of hydrogen-bond acceptors (Lipinski definition) is 3. The minimum atomic E-state index is -0.916. The van der Waals surface area contributed by atoms with Crippen LogP contribution in [0.5, 0.6) is 0 Å². The molecule has 1 aliphatic carbocycles. The lowest BCUT2D eigenvalue weighted by Gasteiger charge is -2.45. The quantitative estimate of drug-likeness (QED) is 0.622. The molecule has 0 aromatic heterocycles. The summed E-state index contributed by atoms with van der Waals surface area (Å²) in [6.07, 6.45) is 2.25. The fourth-order valence-electron chi connectivity index (χ4n) is 1.68. The van der Waals surface area contributed by atoms with E-state index in [4.69, 9.17) is 14.6 Å². The first-order chi connectivity index (χ1) is 5.72. The van der Waals surface area contributed by atoms with E-state index in [0.717, 1.165) is 19.3 Å². The lowest BCUT2D eigenvalue weighted by molar-refractivity contribution is -0.233. The molecule has 1 N–H and O–H groups in total. The van der Waals surface area contributed by atoms with Gasteiger partial charge in [-0.1, -0.05) is 0 Å². The molecule has 2 rings (SSSR count). The van der Waals surface area contributed by atoms with Gasteiger partial charge in [0.05, 0.1) is 18.8 Å². The highest BCUT2D eigenvalue weighted by molar-refractivity contribution is 5.72. The van der Waals surface area contributed by atoms with E-state index < -0.39 is 12.1 Å². The SMILES string of the molecule is O=C(O)C1COCC2(CCC2)O1. The summed E-state index contributed by atoms with van der Waals surface area (Å²) in [4.78, 5) is 10.6. The third-order valence-corrected chi connectivity index (χ3v) is 2.57. The molecular formula is C8H12O4. The highest BCUT2D eigenvalue weighted by Gasteiger charge is 2.45. The van der Waals surface area contributed by atoms with Crippen molar-refractivity contribution in [1.29, 1.82) is 0 Å². The number of carboxylic acid groups (broad SMARTS) is 1. The van der Waals surface area contributed by atoms with Crippen LogP contribution in [-0.2, 0) is 14.3 Å². The van der Waals surface area contributed by atoms with Crippen molar-refractivity contribution in [2.24, 2.45) is 0 Å². The predicted molar refractivity (Wildman–Crippen MR) is 39.9 cm³/mol. The van der Waals surface area contributed by atoms with Gasteiger partial charge in [-0.15, -0.1) is 0 Å². The molecule has 1 unspecified atom stereocenters. The molecule has 0 amide bonds. The molecule has 1 heterocycles. The van der Waals surface area contributed by atoms with E-state index in [9.17, 15) is 4.79 Å². The Bertz CT molecular complexity index is 197. The van der Waals surface area contributed by atoms with Crippen LogP contribution in [0.25, 0.3) is 0 Å². The summed E-state index contributed by atoms with van der Waals surface area (Å²) in [5, 5.41) is 8.69. The Morgan fingerprint density at radius 1 is 1.50 bits per heavy atom. The van der Waals surface area contributed by atoms with Gasteiger partial charge in [0.15, 0.2) is 6.10 Å². The average Bonchev–Trinajstić information content (AvgIpc) is 2.02. The second kappa shape index (κ2) is 2.71.